The summed E-state index contributed by atoms with van der Waals surface area (Å²) in [6, 6.07) is 8.04. The molecule has 1 aromatic carbocycles. The van der Waals surface area contributed by atoms with E-state index < -0.39 is 6.10 Å². The summed E-state index contributed by atoms with van der Waals surface area (Å²) in [5, 5.41) is 9.84. The number of ether oxygens (including phenoxy) is 1. The maximum absolute atomic E-state index is 9.84. The van der Waals surface area contributed by atoms with Crippen LogP contribution in [0.2, 0.25) is 0 Å². The van der Waals surface area contributed by atoms with Crippen molar-refractivity contribution in [1.29, 1.82) is 0 Å². The van der Waals surface area contributed by atoms with E-state index in [1.807, 2.05) is 31.3 Å². The SMILES string of the molecule is CC(C)N(C)CC(O)COc1ccc(CN)cc1. The molecule has 4 heteroatoms. The molecule has 102 valence electrons. The lowest BCUT2D eigenvalue weighted by Gasteiger charge is -2.24. The van der Waals surface area contributed by atoms with E-state index in [1.165, 1.54) is 0 Å². The first-order valence-corrected chi connectivity index (χ1v) is 6.33. The molecule has 0 aliphatic rings. The van der Waals surface area contributed by atoms with Crippen LogP contribution in [-0.4, -0.2) is 42.4 Å². The highest BCUT2D eigenvalue weighted by molar-refractivity contribution is 5.27. The lowest BCUT2D eigenvalue weighted by Crippen LogP contribution is -2.36. The Hall–Kier alpha value is -1.10. The third kappa shape index (κ3) is 5.04. The second-order valence-electron chi connectivity index (χ2n) is 4.85. The molecule has 0 spiro atoms. The van der Waals surface area contributed by atoms with E-state index in [0.29, 0.717) is 25.7 Å². The van der Waals surface area contributed by atoms with Crippen LogP contribution in [0.4, 0.5) is 0 Å². The van der Waals surface area contributed by atoms with Crippen molar-refractivity contribution in [1.82, 2.24) is 4.90 Å². The quantitative estimate of drug-likeness (QED) is 0.766. The second kappa shape index (κ2) is 7.36. The minimum atomic E-state index is -0.480. The Labute approximate surface area is 109 Å². The molecule has 1 aromatic rings. The number of hydrogen-bond acceptors (Lipinski definition) is 4. The number of rotatable bonds is 7. The molecule has 4 nitrogen and oxygen atoms in total. The van der Waals surface area contributed by atoms with Crippen molar-refractivity contribution in [2.24, 2.45) is 5.73 Å². The van der Waals surface area contributed by atoms with Gasteiger partial charge in [0.15, 0.2) is 0 Å². The van der Waals surface area contributed by atoms with Gasteiger partial charge in [-0.2, -0.15) is 0 Å². The van der Waals surface area contributed by atoms with Crippen molar-refractivity contribution >= 4 is 0 Å². The van der Waals surface area contributed by atoms with Gasteiger partial charge in [0.25, 0.3) is 0 Å². The fraction of sp³-hybridized carbons (Fsp3) is 0.571. The normalized spacial score (nSPS) is 13.1. The van der Waals surface area contributed by atoms with Gasteiger partial charge in [0.05, 0.1) is 0 Å². The molecule has 0 bridgehead atoms. The standard InChI is InChI=1S/C14H24N2O2/c1-11(2)16(3)9-13(17)10-18-14-6-4-12(8-15)5-7-14/h4-7,11,13,17H,8-10,15H2,1-3H3. The Bertz CT molecular complexity index is 338. The van der Waals surface area contributed by atoms with E-state index in [4.69, 9.17) is 10.5 Å². The lowest BCUT2D eigenvalue weighted by molar-refractivity contribution is 0.0678. The minimum Gasteiger partial charge on any atom is -0.491 e. The molecule has 1 rings (SSSR count). The van der Waals surface area contributed by atoms with E-state index in [-0.39, 0.29) is 0 Å². The highest BCUT2D eigenvalue weighted by Crippen LogP contribution is 2.12. The van der Waals surface area contributed by atoms with Crippen LogP contribution in [0.3, 0.4) is 0 Å². The van der Waals surface area contributed by atoms with Crippen LogP contribution in [0.15, 0.2) is 24.3 Å². The Morgan fingerprint density at radius 3 is 2.39 bits per heavy atom. The predicted molar refractivity (Wildman–Crippen MR) is 73.6 cm³/mol. The van der Waals surface area contributed by atoms with Gasteiger partial charge in [-0.15, -0.1) is 0 Å². The van der Waals surface area contributed by atoms with Crippen LogP contribution < -0.4 is 10.5 Å². The Kier molecular flexibility index (Phi) is 6.12. The zero-order valence-electron chi connectivity index (χ0n) is 11.5. The fourth-order valence-corrected chi connectivity index (χ4v) is 1.51. The molecule has 0 heterocycles. The largest absolute Gasteiger partial charge is 0.491 e. The van der Waals surface area contributed by atoms with Gasteiger partial charge in [-0.3, -0.25) is 0 Å². The Morgan fingerprint density at radius 1 is 1.28 bits per heavy atom. The summed E-state index contributed by atoms with van der Waals surface area (Å²) in [5.74, 6) is 0.762. The molecule has 1 unspecified atom stereocenters. The van der Waals surface area contributed by atoms with Gasteiger partial charge >= 0.3 is 0 Å². The Morgan fingerprint density at radius 2 is 1.89 bits per heavy atom. The highest BCUT2D eigenvalue weighted by atomic mass is 16.5. The van der Waals surface area contributed by atoms with Crippen LogP contribution >= 0.6 is 0 Å². The molecule has 0 saturated carbocycles. The van der Waals surface area contributed by atoms with Crippen LogP contribution in [0, 0.1) is 0 Å². The van der Waals surface area contributed by atoms with Gasteiger partial charge < -0.3 is 20.5 Å². The highest BCUT2D eigenvalue weighted by Gasteiger charge is 2.11. The summed E-state index contributed by atoms with van der Waals surface area (Å²) in [4.78, 5) is 2.09. The summed E-state index contributed by atoms with van der Waals surface area (Å²) in [6.07, 6.45) is -0.480. The smallest absolute Gasteiger partial charge is 0.119 e. The van der Waals surface area contributed by atoms with Gasteiger partial charge in [0, 0.05) is 19.1 Å². The number of nitrogens with zero attached hydrogens (tertiary/aromatic N) is 1. The molecular weight excluding hydrogens is 228 g/mol. The molecule has 0 radical (unpaired) electrons. The number of benzene rings is 1. The van der Waals surface area contributed by atoms with Gasteiger partial charge in [-0.05, 0) is 38.6 Å². The van der Waals surface area contributed by atoms with Gasteiger partial charge in [0.1, 0.15) is 18.5 Å². The van der Waals surface area contributed by atoms with Crippen molar-refractivity contribution in [2.45, 2.75) is 32.5 Å². The average molecular weight is 252 g/mol. The monoisotopic (exact) mass is 252 g/mol. The van der Waals surface area contributed by atoms with Crippen LogP contribution in [0.1, 0.15) is 19.4 Å². The van der Waals surface area contributed by atoms with Crippen LogP contribution in [-0.2, 0) is 6.54 Å². The Balaban J connectivity index is 2.35. The number of nitrogens with two attached hydrogens (primary N) is 1. The number of hydrogen-bond donors (Lipinski definition) is 2. The molecular formula is C14H24N2O2. The first-order valence-electron chi connectivity index (χ1n) is 6.33. The molecule has 1 atom stereocenters. The van der Waals surface area contributed by atoms with E-state index in [9.17, 15) is 5.11 Å². The lowest BCUT2D eigenvalue weighted by atomic mass is 10.2. The van der Waals surface area contributed by atoms with E-state index in [2.05, 4.69) is 18.7 Å². The van der Waals surface area contributed by atoms with Crippen molar-refractivity contribution < 1.29 is 9.84 Å². The molecule has 0 fully saturated rings. The fourth-order valence-electron chi connectivity index (χ4n) is 1.51. The van der Waals surface area contributed by atoms with Gasteiger partial charge in [0.2, 0.25) is 0 Å². The van der Waals surface area contributed by atoms with E-state index >= 15 is 0 Å². The molecule has 0 amide bonds. The summed E-state index contributed by atoms with van der Waals surface area (Å²) in [6.45, 7) is 5.64. The van der Waals surface area contributed by atoms with E-state index in [1.54, 1.807) is 0 Å². The summed E-state index contributed by atoms with van der Waals surface area (Å²) < 4.78 is 5.53. The zero-order chi connectivity index (χ0) is 13.5. The van der Waals surface area contributed by atoms with Crippen LogP contribution in [0.25, 0.3) is 0 Å². The first kappa shape index (κ1) is 15.0. The minimum absolute atomic E-state index is 0.305. The molecule has 18 heavy (non-hydrogen) atoms. The summed E-state index contributed by atoms with van der Waals surface area (Å²) >= 11 is 0. The predicted octanol–water partition coefficient (Wildman–Crippen LogP) is 1.23. The number of aliphatic hydroxyl groups is 1. The zero-order valence-corrected chi connectivity index (χ0v) is 11.5. The second-order valence-corrected chi connectivity index (χ2v) is 4.85. The summed E-state index contributed by atoms with van der Waals surface area (Å²) in [5.41, 5.74) is 6.59. The maximum Gasteiger partial charge on any atom is 0.119 e. The molecule has 3 N–H and O–H groups in total. The molecule has 0 aliphatic carbocycles. The number of aliphatic hydroxyl groups excluding tert-OH is 1. The van der Waals surface area contributed by atoms with Crippen LogP contribution in [0.5, 0.6) is 5.75 Å². The third-order valence-electron chi connectivity index (χ3n) is 2.98. The van der Waals surface area contributed by atoms with Crippen molar-refractivity contribution in [3.05, 3.63) is 29.8 Å². The molecule has 0 saturated heterocycles. The van der Waals surface area contributed by atoms with Crippen molar-refractivity contribution in [2.75, 3.05) is 20.2 Å². The topological polar surface area (TPSA) is 58.7 Å². The van der Waals surface area contributed by atoms with E-state index in [0.717, 1.165) is 11.3 Å². The maximum atomic E-state index is 9.84. The van der Waals surface area contributed by atoms with Crippen molar-refractivity contribution in [3.63, 3.8) is 0 Å². The van der Waals surface area contributed by atoms with Crippen molar-refractivity contribution in [3.8, 4) is 5.75 Å². The number of likely N-dealkylation sites (N-methyl/N-ethyl adjacent to an activating group) is 1. The van der Waals surface area contributed by atoms with Gasteiger partial charge in [-0.1, -0.05) is 12.1 Å². The third-order valence-corrected chi connectivity index (χ3v) is 2.98. The molecule has 0 aliphatic heterocycles. The molecule has 0 aromatic heterocycles. The van der Waals surface area contributed by atoms with Gasteiger partial charge in [-0.25, -0.2) is 0 Å². The first-order chi connectivity index (χ1) is 8.52. The summed E-state index contributed by atoms with van der Waals surface area (Å²) in [7, 11) is 1.99. The average Bonchev–Trinajstić information content (AvgIpc) is 2.36.